The second-order valence-electron chi connectivity index (χ2n) is 5.68. The van der Waals surface area contributed by atoms with Crippen LogP contribution in [0.1, 0.15) is 62.5 Å². The molecule has 2 rings (SSSR count). The Morgan fingerprint density at radius 1 is 1.06 bits per heavy atom. The van der Waals surface area contributed by atoms with Gasteiger partial charge in [-0.05, 0) is 67.9 Å². The van der Waals surface area contributed by atoms with Crippen molar-refractivity contribution in [1.82, 2.24) is 0 Å². The van der Waals surface area contributed by atoms with Gasteiger partial charge in [-0.1, -0.05) is 31.2 Å². The SMILES string of the molecule is CCc1ccc(C2CCC(CCCO)CC2)cc1. The van der Waals surface area contributed by atoms with Crippen LogP contribution in [0.15, 0.2) is 24.3 Å². The van der Waals surface area contributed by atoms with Crippen LogP contribution in [0.3, 0.4) is 0 Å². The summed E-state index contributed by atoms with van der Waals surface area (Å²) in [6.07, 6.45) is 8.70. The molecule has 0 heterocycles. The topological polar surface area (TPSA) is 20.2 Å². The molecule has 1 N–H and O–H groups in total. The lowest BCUT2D eigenvalue weighted by Gasteiger charge is -2.28. The zero-order valence-electron chi connectivity index (χ0n) is 11.6. The molecule has 0 aromatic heterocycles. The predicted molar refractivity (Wildman–Crippen MR) is 76.8 cm³/mol. The smallest absolute Gasteiger partial charge is 0.0431 e. The Kier molecular flexibility index (Phi) is 5.25. The summed E-state index contributed by atoms with van der Waals surface area (Å²) < 4.78 is 0. The molecule has 0 radical (unpaired) electrons. The van der Waals surface area contributed by atoms with Crippen LogP contribution < -0.4 is 0 Å². The Morgan fingerprint density at radius 3 is 2.28 bits per heavy atom. The van der Waals surface area contributed by atoms with E-state index in [1.54, 1.807) is 0 Å². The number of aliphatic hydroxyl groups is 1. The highest BCUT2D eigenvalue weighted by Crippen LogP contribution is 2.37. The van der Waals surface area contributed by atoms with E-state index in [4.69, 9.17) is 5.11 Å². The van der Waals surface area contributed by atoms with Gasteiger partial charge in [0, 0.05) is 6.61 Å². The summed E-state index contributed by atoms with van der Waals surface area (Å²) in [5.74, 6) is 1.64. The van der Waals surface area contributed by atoms with Crippen LogP contribution in [0.25, 0.3) is 0 Å². The second kappa shape index (κ2) is 6.94. The van der Waals surface area contributed by atoms with Gasteiger partial charge in [-0.3, -0.25) is 0 Å². The predicted octanol–water partition coefficient (Wildman–Crippen LogP) is 4.30. The van der Waals surface area contributed by atoms with Crippen LogP contribution in [0.5, 0.6) is 0 Å². The van der Waals surface area contributed by atoms with Gasteiger partial charge < -0.3 is 5.11 Å². The van der Waals surface area contributed by atoms with Crippen molar-refractivity contribution in [2.75, 3.05) is 6.61 Å². The molecule has 1 heteroatoms. The lowest BCUT2D eigenvalue weighted by Crippen LogP contribution is -2.13. The average molecular weight is 246 g/mol. The normalized spacial score (nSPS) is 24.1. The van der Waals surface area contributed by atoms with Crippen molar-refractivity contribution in [1.29, 1.82) is 0 Å². The highest BCUT2D eigenvalue weighted by Gasteiger charge is 2.21. The molecule has 0 spiro atoms. The average Bonchev–Trinajstić information content (AvgIpc) is 2.46. The maximum absolute atomic E-state index is 8.88. The van der Waals surface area contributed by atoms with E-state index in [9.17, 15) is 0 Å². The fourth-order valence-corrected chi connectivity index (χ4v) is 3.19. The number of benzene rings is 1. The molecule has 18 heavy (non-hydrogen) atoms. The van der Waals surface area contributed by atoms with Crippen LogP contribution in [0.4, 0.5) is 0 Å². The van der Waals surface area contributed by atoms with Crippen LogP contribution in [-0.2, 0) is 6.42 Å². The van der Waals surface area contributed by atoms with Gasteiger partial charge in [-0.15, -0.1) is 0 Å². The first-order valence-corrected chi connectivity index (χ1v) is 7.53. The van der Waals surface area contributed by atoms with Crippen LogP contribution in [-0.4, -0.2) is 11.7 Å². The summed E-state index contributed by atoms with van der Waals surface area (Å²) >= 11 is 0. The summed E-state index contributed by atoms with van der Waals surface area (Å²) in [6.45, 7) is 2.57. The quantitative estimate of drug-likeness (QED) is 0.821. The van der Waals surface area contributed by atoms with Gasteiger partial charge in [0.05, 0.1) is 0 Å². The fraction of sp³-hybridized carbons (Fsp3) is 0.647. The van der Waals surface area contributed by atoms with Gasteiger partial charge in [0.2, 0.25) is 0 Å². The summed E-state index contributed by atoms with van der Waals surface area (Å²) in [5.41, 5.74) is 2.98. The molecular formula is C17H26O. The number of hydrogen-bond acceptors (Lipinski definition) is 1. The Balaban J connectivity index is 1.84. The highest BCUT2D eigenvalue weighted by atomic mass is 16.2. The van der Waals surface area contributed by atoms with Crippen molar-refractivity contribution in [3.8, 4) is 0 Å². The van der Waals surface area contributed by atoms with Crippen molar-refractivity contribution in [3.63, 3.8) is 0 Å². The first-order valence-electron chi connectivity index (χ1n) is 7.53. The molecule has 0 saturated heterocycles. The third kappa shape index (κ3) is 3.58. The number of aliphatic hydroxyl groups excluding tert-OH is 1. The van der Waals surface area contributed by atoms with Gasteiger partial charge in [0.15, 0.2) is 0 Å². The van der Waals surface area contributed by atoms with E-state index in [0.717, 1.165) is 24.7 Å². The van der Waals surface area contributed by atoms with Crippen molar-refractivity contribution in [2.24, 2.45) is 5.92 Å². The number of rotatable bonds is 5. The van der Waals surface area contributed by atoms with Gasteiger partial charge in [-0.2, -0.15) is 0 Å². The largest absolute Gasteiger partial charge is 0.396 e. The summed E-state index contributed by atoms with van der Waals surface area (Å²) in [6, 6.07) is 9.23. The number of hydrogen-bond donors (Lipinski definition) is 1. The molecule has 1 aliphatic rings. The molecule has 1 aliphatic carbocycles. The lowest BCUT2D eigenvalue weighted by molar-refractivity contribution is 0.246. The van der Waals surface area contributed by atoms with Gasteiger partial charge in [-0.25, -0.2) is 0 Å². The van der Waals surface area contributed by atoms with Gasteiger partial charge in [0.25, 0.3) is 0 Å². The van der Waals surface area contributed by atoms with Crippen molar-refractivity contribution in [2.45, 2.75) is 57.8 Å². The minimum absolute atomic E-state index is 0.360. The highest BCUT2D eigenvalue weighted by molar-refractivity contribution is 5.25. The van der Waals surface area contributed by atoms with Crippen LogP contribution >= 0.6 is 0 Å². The molecule has 100 valence electrons. The zero-order chi connectivity index (χ0) is 12.8. The first-order chi connectivity index (χ1) is 8.83. The third-order valence-corrected chi connectivity index (χ3v) is 4.48. The van der Waals surface area contributed by atoms with E-state index in [0.29, 0.717) is 6.61 Å². The Morgan fingerprint density at radius 2 is 1.72 bits per heavy atom. The van der Waals surface area contributed by atoms with Crippen LogP contribution in [0, 0.1) is 5.92 Å². The molecule has 0 atom stereocenters. The van der Waals surface area contributed by atoms with E-state index < -0.39 is 0 Å². The first kappa shape index (κ1) is 13.6. The van der Waals surface area contributed by atoms with Gasteiger partial charge >= 0.3 is 0 Å². The minimum Gasteiger partial charge on any atom is -0.396 e. The fourth-order valence-electron chi connectivity index (χ4n) is 3.19. The second-order valence-corrected chi connectivity index (χ2v) is 5.68. The Labute approximate surface area is 111 Å². The standard InChI is InChI=1S/C17H26O/c1-2-14-5-9-16(10-6-14)17-11-7-15(8-12-17)4-3-13-18/h5-6,9-10,15,17-18H,2-4,7-8,11-13H2,1H3. The molecule has 0 unspecified atom stereocenters. The van der Waals surface area contributed by atoms with E-state index in [1.165, 1.54) is 43.2 Å². The molecule has 0 bridgehead atoms. The maximum Gasteiger partial charge on any atom is 0.0431 e. The lowest BCUT2D eigenvalue weighted by atomic mass is 9.77. The van der Waals surface area contributed by atoms with E-state index in [-0.39, 0.29) is 0 Å². The van der Waals surface area contributed by atoms with E-state index in [2.05, 4.69) is 31.2 Å². The van der Waals surface area contributed by atoms with Gasteiger partial charge in [0.1, 0.15) is 0 Å². The molecule has 1 nitrogen and oxygen atoms in total. The van der Waals surface area contributed by atoms with E-state index in [1.807, 2.05) is 0 Å². The van der Waals surface area contributed by atoms with E-state index >= 15 is 0 Å². The molecule has 1 aromatic carbocycles. The Hall–Kier alpha value is -0.820. The minimum atomic E-state index is 0.360. The zero-order valence-corrected chi connectivity index (χ0v) is 11.6. The summed E-state index contributed by atoms with van der Waals surface area (Å²) in [5, 5.41) is 8.88. The third-order valence-electron chi connectivity index (χ3n) is 4.48. The molecule has 0 aliphatic heterocycles. The monoisotopic (exact) mass is 246 g/mol. The van der Waals surface area contributed by atoms with Crippen molar-refractivity contribution < 1.29 is 5.11 Å². The molecule has 0 amide bonds. The summed E-state index contributed by atoms with van der Waals surface area (Å²) in [4.78, 5) is 0. The maximum atomic E-state index is 8.88. The molecule has 1 aromatic rings. The van der Waals surface area contributed by atoms with Crippen LogP contribution in [0.2, 0.25) is 0 Å². The van der Waals surface area contributed by atoms with Crippen molar-refractivity contribution >= 4 is 0 Å². The molecular weight excluding hydrogens is 220 g/mol. The van der Waals surface area contributed by atoms with Crippen molar-refractivity contribution in [3.05, 3.63) is 35.4 Å². The molecule has 1 fully saturated rings. The Bertz CT molecular complexity index is 333. The molecule has 1 saturated carbocycles. The number of aryl methyl sites for hydroxylation is 1. The summed E-state index contributed by atoms with van der Waals surface area (Å²) in [7, 11) is 0.